The molecule has 0 amide bonds. The predicted molar refractivity (Wildman–Crippen MR) is 112 cm³/mol. The molecule has 1 heteroatoms. The van der Waals surface area contributed by atoms with Crippen LogP contribution in [0.3, 0.4) is 0 Å². The molecule has 2 aliphatic rings. The zero-order valence-electron chi connectivity index (χ0n) is 17.2. The summed E-state index contributed by atoms with van der Waals surface area (Å²) in [6.45, 7) is 5.17. The molecule has 1 aromatic carbocycles. The van der Waals surface area contributed by atoms with Crippen LogP contribution in [0.2, 0.25) is 0 Å². The van der Waals surface area contributed by atoms with Crippen LogP contribution in [0.5, 0.6) is 5.75 Å². The van der Waals surface area contributed by atoms with Crippen LogP contribution in [0.1, 0.15) is 102 Å². The lowest BCUT2D eigenvalue weighted by Gasteiger charge is -2.30. The van der Waals surface area contributed by atoms with E-state index in [9.17, 15) is 0 Å². The van der Waals surface area contributed by atoms with Crippen LogP contribution in [0.25, 0.3) is 0 Å². The molecule has 0 saturated heterocycles. The number of hydrogen-bond donors (Lipinski definition) is 0. The summed E-state index contributed by atoms with van der Waals surface area (Å²) in [6, 6.07) is 8.89. The molecule has 2 fully saturated rings. The topological polar surface area (TPSA) is 9.23 Å². The first-order chi connectivity index (χ1) is 12.8. The van der Waals surface area contributed by atoms with Gasteiger partial charge in [0.15, 0.2) is 0 Å². The van der Waals surface area contributed by atoms with Crippen molar-refractivity contribution >= 4 is 0 Å². The molecule has 3 rings (SSSR count). The van der Waals surface area contributed by atoms with Gasteiger partial charge in [0.25, 0.3) is 0 Å². The van der Waals surface area contributed by atoms with Gasteiger partial charge in [-0.15, -0.1) is 0 Å². The fourth-order valence-electron chi connectivity index (χ4n) is 5.41. The third kappa shape index (κ3) is 5.76. The molecule has 0 radical (unpaired) electrons. The zero-order valence-corrected chi connectivity index (χ0v) is 17.2. The Morgan fingerprint density at radius 3 is 1.81 bits per heavy atom. The van der Waals surface area contributed by atoms with Gasteiger partial charge in [-0.2, -0.15) is 0 Å². The van der Waals surface area contributed by atoms with Gasteiger partial charge in [0.1, 0.15) is 5.75 Å². The number of rotatable bonds is 8. The molecule has 1 nitrogen and oxygen atoms in total. The highest BCUT2D eigenvalue weighted by molar-refractivity contribution is 5.29. The van der Waals surface area contributed by atoms with E-state index in [4.69, 9.17) is 4.74 Å². The molecule has 0 atom stereocenters. The zero-order chi connectivity index (χ0) is 18.2. The number of ether oxygens (including phenoxy) is 1. The van der Waals surface area contributed by atoms with Crippen molar-refractivity contribution in [1.29, 1.82) is 0 Å². The molecule has 0 spiro atoms. The lowest BCUT2D eigenvalue weighted by molar-refractivity contribution is 0.241. The SMILES string of the molecule is CCOc1ccc(C2CCC(CCCC3CCC(CC)CC3)CC2)cc1. The lowest BCUT2D eigenvalue weighted by Crippen LogP contribution is -2.16. The molecular weight excluding hydrogens is 316 g/mol. The molecule has 26 heavy (non-hydrogen) atoms. The van der Waals surface area contributed by atoms with Gasteiger partial charge < -0.3 is 4.74 Å². The molecule has 0 aliphatic heterocycles. The highest BCUT2D eigenvalue weighted by Gasteiger charge is 2.23. The first-order valence-corrected chi connectivity index (χ1v) is 11.5. The molecule has 0 aromatic heterocycles. The molecule has 146 valence electrons. The van der Waals surface area contributed by atoms with E-state index in [1.54, 1.807) is 0 Å². The Kier molecular flexibility index (Phi) is 7.89. The van der Waals surface area contributed by atoms with Crippen LogP contribution in [-0.4, -0.2) is 6.61 Å². The second kappa shape index (κ2) is 10.4. The number of benzene rings is 1. The maximum atomic E-state index is 5.57. The third-order valence-corrected chi connectivity index (χ3v) is 7.28. The van der Waals surface area contributed by atoms with E-state index in [1.165, 1.54) is 82.6 Å². The Hall–Kier alpha value is -0.980. The van der Waals surface area contributed by atoms with E-state index in [0.717, 1.165) is 36.0 Å². The predicted octanol–water partition coefficient (Wildman–Crippen LogP) is 7.75. The Labute approximate surface area is 161 Å². The van der Waals surface area contributed by atoms with Gasteiger partial charge in [0.05, 0.1) is 6.61 Å². The van der Waals surface area contributed by atoms with Crippen LogP contribution in [0, 0.1) is 17.8 Å². The van der Waals surface area contributed by atoms with Crippen LogP contribution in [0.15, 0.2) is 24.3 Å². The standard InChI is InChI=1S/C25H40O/c1-3-20-8-10-21(11-9-20)6-5-7-22-12-14-23(15-13-22)24-16-18-25(19-17-24)26-4-2/h16-23H,3-15H2,1-2H3. The second-order valence-electron chi connectivity index (χ2n) is 8.95. The summed E-state index contributed by atoms with van der Waals surface area (Å²) in [5, 5.41) is 0. The van der Waals surface area contributed by atoms with Crippen molar-refractivity contribution in [3.63, 3.8) is 0 Å². The second-order valence-corrected chi connectivity index (χ2v) is 8.95. The van der Waals surface area contributed by atoms with Crippen molar-refractivity contribution in [2.75, 3.05) is 6.61 Å². The summed E-state index contributed by atoms with van der Waals surface area (Å²) >= 11 is 0. The van der Waals surface area contributed by atoms with Crippen molar-refractivity contribution < 1.29 is 4.74 Å². The summed E-state index contributed by atoms with van der Waals surface area (Å²) in [6.07, 6.45) is 17.6. The summed E-state index contributed by atoms with van der Waals surface area (Å²) in [5.74, 6) is 4.90. The fraction of sp³-hybridized carbons (Fsp3) is 0.760. The first kappa shape index (κ1) is 19.8. The summed E-state index contributed by atoms with van der Waals surface area (Å²) < 4.78 is 5.57. The van der Waals surface area contributed by atoms with E-state index in [-0.39, 0.29) is 0 Å². The van der Waals surface area contributed by atoms with Crippen LogP contribution < -0.4 is 4.74 Å². The molecule has 2 aliphatic carbocycles. The molecule has 0 N–H and O–H groups in total. The smallest absolute Gasteiger partial charge is 0.119 e. The normalized spacial score (nSPS) is 29.5. The Balaban J connectivity index is 1.32. The van der Waals surface area contributed by atoms with Gasteiger partial charge in [0.2, 0.25) is 0 Å². The summed E-state index contributed by atoms with van der Waals surface area (Å²) in [4.78, 5) is 0. The van der Waals surface area contributed by atoms with Crippen molar-refractivity contribution in [1.82, 2.24) is 0 Å². The Bertz CT molecular complexity index is 489. The van der Waals surface area contributed by atoms with Crippen molar-refractivity contribution in [2.45, 2.75) is 96.8 Å². The van der Waals surface area contributed by atoms with Crippen molar-refractivity contribution in [3.8, 4) is 5.75 Å². The molecule has 0 bridgehead atoms. The summed E-state index contributed by atoms with van der Waals surface area (Å²) in [7, 11) is 0. The lowest BCUT2D eigenvalue weighted by atomic mass is 9.75. The molecular formula is C25H40O. The highest BCUT2D eigenvalue weighted by atomic mass is 16.5. The quantitative estimate of drug-likeness (QED) is 0.462. The largest absolute Gasteiger partial charge is 0.494 e. The van der Waals surface area contributed by atoms with E-state index in [2.05, 4.69) is 31.2 Å². The molecule has 1 aromatic rings. The Morgan fingerprint density at radius 2 is 1.27 bits per heavy atom. The molecule has 0 unspecified atom stereocenters. The maximum absolute atomic E-state index is 5.57. The van der Waals surface area contributed by atoms with E-state index in [1.807, 2.05) is 6.92 Å². The van der Waals surface area contributed by atoms with Crippen molar-refractivity contribution in [3.05, 3.63) is 29.8 Å². The minimum Gasteiger partial charge on any atom is -0.494 e. The Morgan fingerprint density at radius 1 is 0.731 bits per heavy atom. The average molecular weight is 357 g/mol. The highest BCUT2D eigenvalue weighted by Crippen LogP contribution is 2.39. The van der Waals surface area contributed by atoms with Gasteiger partial charge >= 0.3 is 0 Å². The monoisotopic (exact) mass is 356 g/mol. The first-order valence-electron chi connectivity index (χ1n) is 11.5. The van der Waals surface area contributed by atoms with Crippen LogP contribution in [0.4, 0.5) is 0 Å². The van der Waals surface area contributed by atoms with Gasteiger partial charge in [-0.05, 0) is 74.0 Å². The third-order valence-electron chi connectivity index (χ3n) is 7.28. The van der Waals surface area contributed by atoms with Gasteiger partial charge in [0, 0.05) is 0 Å². The van der Waals surface area contributed by atoms with Crippen LogP contribution in [-0.2, 0) is 0 Å². The minimum atomic E-state index is 0.754. The summed E-state index contributed by atoms with van der Waals surface area (Å²) in [5.41, 5.74) is 1.53. The number of hydrogen-bond acceptors (Lipinski definition) is 1. The minimum absolute atomic E-state index is 0.754. The van der Waals surface area contributed by atoms with Crippen molar-refractivity contribution in [2.24, 2.45) is 17.8 Å². The van der Waals surface area contributed by atoms with E-state index < -0.39 is 0 Å². The molecule has 2 saturated carbocycles. The van der Waals surface area contributed by atoms with E-state index >= 15 is 0 Å². The average Bonchev–Trinajstić information content (AvgIpc) is 2.70. The molecule has 0 heterocycles. The maximum Gasteiger partial charge on any atom is 0.119 e. The van der Waals surface area contributed by atoms with E-state index in [0.29, 0.717) is 0 Å². The van der Waals surface area contributed by atoms with Crippen LogP contribution >= 0.6 is 0 Å². The van der Waals surface area contributed by atoms with Gasteiger partial charge in [-0.25, -0.2) is 0 Å². The van der Waals surface area contributed by atoms with Gasteiger partial charge in [-0.1, -0.05) is 70.4 Å². The fourth-order valence-corrected chi connectivity index (χ4v) is 5.41. The van der Waals surface area contributed by atoms with Gasteiger partial charge in [-0.3, -0.25) is 0 Å².